The molecule has 3 aromatic rings. The monoisotopic (exact) mass is 448 g/mol. The average Bonchev–Trinajstić information content (AvgIpc) is 3.28. The summed E-state index contributed by atoms with van der Waals surface area (Å²) in [7, 11) is 0. The number of nitrogens with one attached hydrogen (secondary N) is 1. The van der Waals surface area contributed by atoms with E-state index in [0.717, 1.165) is 54.7 Å². The predicted molar refractivity (Wildman–Crippen MR) is 127 cm³/mol. The second-order valence-corrected chi connectivity index (χ2v) is 8.44. The number of rotatable bonds is 5. The first-order valence-corrected chi connectivity index (χ1v) is 11.5. The van der Waals surface area contributed by atoms with Crippen LogP contribution in [0.1, 0.15) is 40.9 Å². The topological polar surface area (TPSA) is 96.1 Å². The molecule has 0 bridgehead atoms. The van der Waals surface area contributed by atoms with E-state index < -0.39 is 0 Å². The second kappa shape index (κ2) is 9.58. The minimum Gasteiger partial charge on any atom is -0.432 e. The number of hydrogen-bond acceptors (Lipinski definition) is 8. The number of carbonyl (C=O) groups excluding carboxylic acids is 1. The highest BCUT2D eigenvalue weighted by molar-refractivity contribution is 5.98. The van der Waals surface area contributed by atoms with Gasteiger partial charge in [-0.2, -0.15) is 15.1 Å². The van der Waals surface area contributed by atoms with Gasteiger partial charge in [0.25, 0.3) is 5.91 Å². The van der Waals surface area contributed by atoms with Crippen LogP contribution >= 0.6 is 0 Å². The highest BCUT2D eigenvalue weighted by atomic mass is 16.5. The molecule has 2 aliphatic rings. The van der Waals surface area contributed by atoms with Crippen LogP contribution in [-0.2, 0) is 4.74 Å². The number of furan rings is 1. The number of hydrazone groups is 1. The Morgan fingerprint density at radius 2 is 1.91 bits per heavy atom. The second-order valence-electron chi connectivity index (χ2n) is 8.44. The number of likely N-dealkylation sites (tertiary alicyclic amines) is 1. The fraction of sp³-hybridized carbons (Fsp3) is 0.417. The third kappa shape index (κ3) is 4.83. The molecule has 9 heteroatoms. The van der Waals surface area contributed by atoms with Gasteiger partial charge in [-0.05, 0) is 31.7 Å². The van der Waals surface area contributed by atoms with Gasteiger partial charge in [-0.1, -0.05) is 29.8 Å². The lowest BCUT2D eigenvalue weighted by molar-refractivity contribution is 0.0694. The van der Waals surface area contributed by atoms with Crippen LogP contribution in [0.15, 0.2) is 39.9 Å². The maximum absolute atomic E-state index is 13.0. The summed E-state index contributed by atoms with van der Waals surface area (Å²) in [5, 5.41) is 5.03. The molecule has 172 valence electrons. The van der Waals surface area contributed by atoms with Gasteiger partial charge >= 0.3 is 0 Å². The molecule has 2 aromatic heterocycles. The Morgan fingerprint density at radius 1 is 1.09 bits per heavy atom. The lowest BCUT2D eigenvalue weighted by Gasteiger charge is -2.28. The van der Waals surface area contributed by atoms with E-state index in [9.17, 15) is 4.79 Å². The van der Waals surface area contributed by atoms with Gasteiger partial charge in [0.15, 0.2) is 5.76 Å². The summed E-state index contributed by atoms with van der Waals surface area (Å²) in [6.45, 7) is 6.22. The molecule has 9 nitrogen and oxygen atoms in total. The fourth-order valence-electron chi connectivity index (χ4n) is 4.25. The van der Waals surface area contributed by atoms with Crippen LogP contribution in [0.25, 0.3) is 11.1 Å². The largest absolute Gasteiger partial charge is 0.432 e. The van der Waals surface area contributed by atoms with Crippen LogP contribution in [0.4, 0.5) is 11.8 Å². The summed E-state index contributed by atoms with van der Waals surface area (Å²) in [5.41, 5.74) is 5.43. The van der Waals surface area contributed by atoms with Crippen LogP contribution in [0, 0.1) is 6.92 Å². The molecule has 0 spiro atoms. The van der Waals surface area contributed by atoms with Crippen LogP contribution < -0.4 is 10.3 Å². The average molecular weight is 449 g/mol. The molecule has 4 heterocycles. The highest BCUT2D eigenvalue weighted by Gasteiger charge is 2.25. The number of piperidine rings is 1. The Morgan fingerprint density at radius 3 is 2.70 bits per heavy atom. The van der Waals surface area contributed by atoms with E-state index >= 15 is 0 Å². The van der Waals surface area contributed by atoms with Crippen molar-refractivity contribution in [2.45, 2.75) is 26.2 Å². The van der Waals surface area contributed by atoms with E-state index in [1.807, 2.05) is 36.1 Å². The molecule has 0 aliphatic carbocycles. The fourth-order valence-corrected chi connectivity index (χ4v) is 4.25. The number of anilines is 2. The van der Waals surface area contributed by atoms with E-state index in [1.54, 1.807) is 12.3 Å². The summed E-state index contributed by atoms with van der Waals surface area (Å²) in [5.74, 6) is 1.25. The molecule has 2 saturated heterocycles. The van der Waals surface area contributed by atoms with Crippen molar-refractivity contribution < 1.29 is 13.9 Å². The first-order chi connectivity index (χ1) is 16.2. The summed E-state index contributed by atoms with van der Waals surface area (Å²) < 4.78 is 11.4. The molecular formula is C24H28N6O3. The van der Waals surface area contributed by atoms with Crippen molar-refractivity contribution in [3.63, 3.8) is 0 Å². The number of nitrogens with zero attached hydrogens (tertiary/aromatic N) is 5. The van der Waals surface area contributed by atoms with Gasteiger partial charge < -0.3 is 19.0 Å². The maximum atomic E-state index is 13.0. The standard InChI is InChI=1S/C24H28N6O3/c1-17-6-5-7-18(14-17)16-25-28-24-26-21(29-10-12-32-13-11-29)19-15-20(33-22(19)27-24)23(31)30-8-3-2-4-9-30/h5-7,14-16H,2-4,8-13H2,1H3,(H,26,27,28)/b25-16+. The molecule has 0 atom stereocenters. The zero-order chi connectivity index (χ0) is 22.6. The third-order valence-corrected chi connectivity index (χ3v) is 5.96. The zero-order valence-corrected chi connectivity index (χ0v) is 18.8. The molecule has 2 fully saturated rings. The normalized spacial score (nSPS) is 17.1. The van der Waals surface area contributed by atoms with Crippen molar-refractivity contribution in [1.82, 2.24) is 14.9 Å². The summed E-state index contributed by atoms with van der Waals surface area (Å²) in [6, 6.07) is 9.82. The number of ether oxygens (including phenoxy) is 1. The lowest BCUT2D eigenvalue weighted by atomic mass is 10.1. The lowest BCUT2D eigenvalue weighted by Crippen LogP contribution is -2.37. The SMILES string of the molecule is Cc1cccc(/C=N/Nc2nc(N3CCOCC3)c3cc(C(=O)N4CCCCC4)oc3n2)c1. The van der Waals surface area contributed by atoms with Crippen molar-refractivity contribution in [3.05, 3.63) is 47.2 Å². The van der Waals surface area contributed by atoms with Gasteiger partial charge in [-0.15, -0.1) is 0 Å². The van der Waals surface area contributed by atoms with Crippen molar-refractivity contribution in [1.29, 1.82) is 0 Å². The Bertz CT molecular complexity index is 1160. The molecule has 0 unspecified atom stereocenters. The number of benzene rings is 1. The van der Waals surface area contributed by atoms with Crippen molar-refractivity contribution in [2.24, 2.45) is 5.10 Å². The zero-order valence-electron chi connectivity index (χ0n) is 18.8. The minimum atomic E-state index is -0.0902. The molecular weight excluding hydrogens is 420 g/mol. The van der Waals surface area contributed by atoms with Crippen LogP contribution in [0.2, 0.25) is 0 Å². The van der Waals surface area contributed by atoms with Gasteiger partial charge in [-0.25, -0.2) is 5.43 Å². The van der Waals surface area contributed by atoms with E-state index in [1.165, 1.54) is 0 Å². The molecule has 1 amide bonds. The summed E-state index contributed by atoms with van der Waals surface area (Å²) in [6.07, 6.45) is 4.94. The Balaban J connectivity index is 1.45. The predicted octanol–water partition coefficient (Wildman–Crippen LogP) is 3.44. The Hall–Kier alpha value is -3.46. The number of hydrogen-bond donors (Lipinski definition) is 1. The van der Waals surface area contributed by atoms with Crippen LogP contribution in [0.3, 0.4) is 0 Å². The van der Waals surface area contributed by atoms with Gasteiger partial charge in [0.1, 0.15) is 5.82 Å². The summed E-state index contributed by atoms with van der Waals surface area (Å²) >= 11 is 0. The van der Waals surface area contributed by atoms with Crippen molar-refractivity contribution >= 4 is 35.0 Å². The smallest absolute Gasteiger partial charge is 0.289 e. The van der Waals surface area contributed by atoms with E-state index in [-0.39, 0.29) is 5.91 Å². The Kier molecular flexibility index (Phi) is 6.21. The van der Waals surface area contributed by atoms with E-state index in [2.05, 4.69) is 20.4 Å². The number of carbonyl (C=O) groups is 1. The molecule has 0 radical (unpaired) electrons. The van der Waals surface area contributed by atoms with Crippen molar-refractivity contribution in [3.8, 4) is 0 Å². The van der Waals surface area contributed by atoms with E-state index in [4.69, 9.17) is 14.1 Å². The number of aryl methyl sites for hydroxylation is 1. The van der Waals surface area contributed by atoms with Gasteiger partial charge in [0, 0.05) is 32.2 Å². The molecule has 33 heavy (non-hydrogen) atoms. The van der Waals surface area contributed by atoms with E-state index in [0.29, 0.717) is 43.7 Å². The molecule has 1 aromatic carbocycles. The number of aromatic nitrogens is 2. The van der Waals surface area contributed by atoms with Crippen LogP contribution in [-0.4, -0.2) is 66.4 Å². The van der Waals surface area contributed by atoms with Gasteiger partial charge in [0.2, 0.25) is 11.7 Å². The maximum Gasteiger partial charge on any atom is 0.289 e. The molecule has 2 aliphatic heterocycles. The van der Waals surface area contributed by atoms with Crippen LogP contribution in [0.5, 0.6) is 0 Å². The first-order valence-electron chi connectivity index (χ1n) is 11.5. The quantitative estimate of drug-likeness (QED) is 0.472. The first kappa shape index (κ1) is 21.4. The number of morpholine rings is 1. The number of amides is 1. The molecule has 5 rings (SSSR count). The van der Waals surface area contributed by atoms with Gasteiger partial charge in [-0.3, -0.25) is 4.79 Å². The summed E-state index contributed by atoms with van der Waals surface area (Å²) in [4.78, 5) is 26.2. The van der Waals surface area contributed by atoms with Gasteiger partial charge in [0.05, 0.1) is 24.8 Å². The Labute approximate surface area is 192 Å². The highest BCUT2D eigenvalue weighted by Crippen LogP contribution is 2.30. The van der Waals surface area contributed by atoms with Crippen molar-refractivity contribution in [2.75, 3.05) is 49.7 Å². The number of fused-ring (bicyclic) bond motifs is 1. The minimum absolute atomic E-state index is 0.0902. The molecule has 1 N–H and O–H groups in total. The third-order valence-electron chi connectivity index (χ3n) is 5.96. The molecule has 0 saturated carbocycles.